The second kappa shape index (κ2) is 10.1. The van der Waals surface area contributed by atoms with Gasteiger partial charge in [-0.2, -0.15) is 0 Å². The van der Waals surface area contributed by atoms with Crippen molar-refractivity contribution < 1.29 is 14.3 Å². The maximum absolute atomic E-state index is 13.0. The van der Waals surface area contributed by atoms with Crippen LogP contribution in [-0.2, 0) is 6.61 Å². The molecule has 168 valence electrons. The Morgan fingerprint density at radius 1 is 0.970 bits per heavy atom. The molecule has 0 fully saturated rings. The molecule has 0 radical (unpaired) electrons. The summed E-state index contributed by atoms with van der Waals surface area (Å²) in [6.07, 6.45) is 4.00. The van der Waals surface area contributed by atoms with Crippen molar-refractivity contribution >= 4 is 5.91 Å². The molecule has 0 saturated carbocycles. The summed E-state index contributed by atoms with van der Waals surface area (Å²) in [5, 5.41) is 3.10. The van der Waals surface area contributed by atoms with Crippen LogP contribution < -0.4 is 14.8 Å². The number of benzene rings is 3. The molecule has 1 amide bonds. The van der Waals surface area contributed by atoms with Crippen molar-refractivity contribution in [2.45, 2.75) is 26.5 Å². The number of rotatable bonds is 8. The first-order chi connectivity index (χ1) is 16.0. The van der Waals surface area contributed by atoms with Crippen LogP contribution in [0.2, 0.25) is 0 Å². The van der Waals surface area contributed by atoms with Crippen molar-refractivity contribution in [3.63, 3.8) is 0 Å². The van der Waals surface area contributed by atoms with E-state index in [9.17, 15) is 4.79 Å². The van der Waals surface area contributed by atoms with Gasteiger partial charge in [-0.15, -0.1) is 0 Å². The first kappa shape index (κ1) is 22.2. The first-order valence-corrected chi connectivity index (χ1v) is 10.9. The number of aryl methyl sites for hydroxylation is 1. The minimum absolute atomic E-state index is 0.145. The predicted octanol–water partition coefficient (Wildman–Crippen LogP) is 5.86. The van der Waals surface area contributed by atoms with Crippen molar-refractivity contribution in [2.75, 3.05) is 7.11 Å². The summed E-state index contributed by atoms with van der Waals surface area (Å²) in [4.78, 5) is 13.0. The van der Waals surface area contributed by atoms with Gasteiger partial charge >= 0.3 is 0 Å². The molecule has 0 spiro atoms. The number of carbonyl (C=O) groups is 1. The second-order valence-electron chi connectivity index (χ2n) is 8.01. The molecule has 0 bridgehead atoms. The minimum Gasteiger partial charge on any atom is -0.496 e. The Labute approximate surface area is 194 Å². The molecule has 0 saturated heterocycles. The fraction of sp³-hybridized carbons (Fsp3) is 0.179. The van der Waals surface area contributed by atoms with E-state index in [1.807, 2.05) is 91.5 Å². The van der Waals surface area contributed by atoms with Gasteiger partial charge < -0.3 is 19.4 Å². The van der Waals surface area contributed by atoms with Gasteiger partial charge in [0, 0.05) is 29.2 Å². The second-order valence-corrected chi connectivity index (χ2v) is 8.01. The SMILES string of the molecule is COc1ccc(C(=O)N[C@H](C)c2cccc(-n3cccc3)c2)cc1COc1cccc(C)c1. The van der Waals surface area contributed by atoms with E-state index < -0.39 is 0 Å². The Kier molecular flexibility index (Phi) is 6.79. The summed E-state index contributed by atoms with van der Waals surface area (Å²) < 4.78 is 13.5. The fourth-order valence-corrected chi connectivity index (χ4v) is 3.72. The zero-order valence-electron chi connectivity index (χ0n) is 19.1. The molecule has 4 rings (SSSR count). The summed E-state index contributed by atoms with van der Waals surface area (Å²) in [5.41, 5.74) is 4.59. The van der Waals surface area contributed by atoms with E-state index in [4.69, 9.17) is 9.47 Å². The third-order valence-corrected chi connectivity index (χ3v) is 5.55. The van der Waals surface area contributed by atoms with Gasteiger partial charge in [-0.05, 0) is 79.6 Å². The average Bonchev–Trinajstić information content (AvgIpc) is 3.38. The van der Waals surface area contributed by atoms with E-state index >= 15 is 0 Å². The van der Waals surface area contributed by atoms with Gasteiger partial charge in [-0.1, -0.05) is 24.3 Å². The third-order valence-electron chi connectivity index (χ3n) is 5.55. The highest BCUT2D eigenvalue weighted by molar-refractivity contribution is 5.94. The van der Waals surface area contributed by atoms with Gasteiger partial charge in [0.1, 0.15) is 18.1 Å². The van der Waals surface area contributed by atoms with Crippen LogP contribution in [0, 0.1) is 6.92 Å². The number of nitrogens with zero attached hydrogens (tertiary/aromatic N) is 1. The quantitative estimate of drug-likeness (QED) is 0.373. The molecular weight excluding hydrogens is 412 g/mol. The third kappa shape index (κ3) is 5.44. The van der Waals surface area contributed by atoms with E-state index in [0.717, 1.165) is 28.1 Å². The van der Waals surface area contributed by atoms with Crippen LogP contribution in [-0.4, -0.2) is 17.6 Å². The lowest BCUT2D eigenvalue weighted by molar-refractivity contribution is 0.0939. The van der Waals surface area contributed by atoms with Gasteiger partial charge in [-0.3, -0.25) is 4.79 Å². The number of amides is 1. The first-order valence-electron chi connectivity index (χ1n) is 10.9. The molecular formula is C28H28N2O3. The van der Waals surface area contributed by atoms with Crippen molar-refractivity contribution in [3.05, 3.63) is 114 Å². The van der Waals surface area contributed by atoms with E-state index in [0.29, 0.717) is 17.9 Å². The smallest absolute Gasteiger partial charge is 0.251 e. The monoisotopic (exact) mass is 440 g/mol. The van der Waals surface area contributed by atoms with E-state index in [-0.39, 0.29) is 11.9 Å². The molecule has 0 aliphatic rings. The van der Waals surface area contributed by atoms with Crippen LogP contribution in [0.1, 0.15) is 40.0 Å². The van der Waals surface area contributed by atoms with Crippen LogP contribution >= 0.6 is 0 Å². The standard InChI is InChI=1S/C28H28N2O3/c1-20-8-6-11-26(16-20)33-19-24-17-23(12-13-27(24)32-3)28(31)29-21(2)22-9-7-10-25(18-22)30-14-4-5-15-30/h4-18,21H,19H2,1-3H3,(H,29,31)/t21-/m1/s1. The Bertz CT molecular complexity index is 1230. The number of aromatic nitrogens is 1. The van der Waals surface area contributed by atoms with Crippen molar-refractivity contribution in [1.82, 2.24) is 9.88 Å². The summed E-state index contributed by atoms with van der Waals surface area (Å²) in [6, 6.07) is 25.3. The lowest BCUT2D eigenvalue weighted by Crippen LogP contribution is -2.26. The van der Waals surface area contributed by atoms with Gasteiger partial charge in [0.25, 0.3) is 5.91 Å². The van der Waals surface area contributed by atoms with Crippen LogP contribution in [0.4, 0.5) is 0 Å². The molecule has 0 unspecified atom stereocenters. The minimum atomic E-state index is -0.151. The van der Waals surface area contributed by atoms with Crippen molar-refractivity contribution in [1.29, 1.82) is 0 Å². The Hall–Kier alpha value is -3.99. The lowest BCUT2D eigenvalue weighted by atomic mass is 10.1. The van der Waals surface area contributed by atoms with Gasteiger partial charge in [0.2, 0.25) is 0 Å². The maximum Gasteiger partial charge on any atom is 0.251 e. The molecule has 1 N–H and O–H groups in total. The molecule has 0 aliphatic carbocycles. The Morgan fingerprint density at radius 3 is 2.52 bits per heavy atom. The van der Waals surface area contributed by atoms with Crippen LogP contribution in [0.15, 0.2) is 91.3 Å². The largest absolute Gasteiger partial charge is 0.496 e. The zero-order chi connectivity index (χ0) is 23.2. The van der Waals surface area contributed by atoms with Crippen LogP contribution in [0.5, 0.6) is 11.5 Å². The fourth-order valence-electron chi connectivity index (χ4n) is 3.72. The molecule has 3 aromatic carbocycles. The number of nitrogens with one attached hydrogen (secondary N) is 1. The summed E-state index contributed by atoms with van der Waals surface area (Å²) in [6.45, 7) is 4.31. The van der Waals surface area contributed by atoms with E-state index in [2.05, 4.69) is 11.4 Å². The molecule has 1 atom stereocenters. The molecule has 4 aromatic rings. The van der Waals surface area contributed by atoms with Crippen molar-refractivity contribution in [3.8, 4) is 17.2 Å². The van der Waals surface area contributed by atoms with E-state index in [1.165, 1.54) is 0 Å². The molecule has 33 heavy (non-hydrogen) atoms. The maximum atomic E-state index is 13.0. The summed E-state index contributed by atoms with van der Waals surface area (Å²) in [7, 11) is 1.62. The van der Waals surface area contributed by atoms with Crippen LogP contribution in [0.3, 0.4) is 0 Å². The molecule has 5 nitrogen and oxygen atoms in total. The van der Waals surface area contributed by atoms with Gasteiger partial charge in [0.05, 0.1) is 13.2 Å². The molecule has 1 aromatic heterocycles. The normalized spacial score (nSPS) is 11.6. The lowest BCUT2D eigenvalue weighted by Gasteiger charge is -2.17. The van der Waals surface area contributed by atoms with Gasteiger partial charge in [0.15, 0.2) is 0 Å². The summed E-state index contributed by atoms with van der Waals surface area (Å²) >= 11 is 0. The number of carbonyl (C=O) groups excluding carboxylic acids is 1. The number of hydrogen-bond acceptors (Lipinski definition) is 3. The number of ether oxygens (including phenoxy) is 2. The van der Waals surface area contributed by atoms with Crippen molar-refractivity contribution in [2.24, 2.45) is 0 Å². The highest BCUT2D eigenvalue weighted by Gasteiger charge is 2.15. The number of methoxy groups -OCH3 is 1. The highest BCUT2D eigenvalue weighted by Crippen LogP contribution is 2.24. The van der Waals surface area contributed by atoms with E-state index in [1.54, 1.807) is 19.2 Å². The molecule has 5 heteroatoms. The molecule has 1 heterocycles. The molecule has 0 aliphatic heterocycles. The topological polar surface area (TPSA) is 52.5 Å². The number of hydrogen-bond donors (Lipinski definition) is 1. The Morgan fingerprint density at radius 2 is 1.76 bits per heavy atom. The predicted molar refractivity (Wildman–Crippen MR) is 130 cm³/mol. The average molecular weight is 441 g/mol. The summed E-state index contributed by atoms with van der Waals surface area (Å²) in [5.74, 6) is 1.32. The zero-order valence-corrected chi connectivity index (χ0v) is 19.1. The van der Waals surface area contributed by atoms with Crippen LogP contribution in [0.25, 0.3) is 5.69 Å². The highest BCUT2D eigenvalue weighted by atomic mass is 16.5. The Balaban J connectivity index is 1.47. The van der Waals surface area contributed by atoms with Gasteiger partial charge in [-0.25, -0.2) is 0 Å².